The van der Waals surface area contributed by atoms with Crippen LogP contribution in [0.25, 0.3) is 0 Å². The van der Waals surface area contributed by atoms with Crippen LogP contribution in [0.5, 0.6) is 5.75 Å². The molecule has 0 radical (unpaired) electrons. The second-order valence-electron chi connectivity index (χ2n) is 4.75. The Hall–Kier alpha value is -0.770. The molecule has 0 bridgehead atoms. The zero-order chi connectivity index (χ0) is 14.3. The van der Waals surface area contributed by atoms with Gasteiger partial charge in [-0.05, 0) is 37.6 Å². The number of rotatable bonds is 8. The molecular weight excluding hydrogens is 262 g/mol. The van der Waals surface area contributed by atoms with Crippen LogP contribution in [0.4, 0.5) is 0 Å². The molecule has 0 fully saturated rings. The molecule has 0 saturated carbocycles. The molecule has 19 heavy (non-hydrogen) atoms. The molecule has 0 aliphatic rings. The van der Waals surface area contributed by atoms with E-state index in [-0.39, 0.29) is 0 Å². The second-order valence-corrected chi connectivity index (χ2v) is 5.19. The van der Waals surface area contributed by atoms with Crippen molar-refractivity contribution in [1.82, 2.24) is 5.32 Å². The molecule has 0 aromatic heterocycles. The molecule has 1 aromatic carbocycles. The van der Waals surface area contributed by atoms with Gasteiger partial charge in [0.05, 0.1) is 5.60 Å². The third-order valence-corrected chi connectivity index (χ3v) is 3.64. The monoisotopic (exact) mass is 285 g/mol. The molecule has 0 amide bonds. The predicted octanol–water partition coefficient (Wildman–Crippen LogP) is 3.38. The van der Waals surface area contributed by atoms with Crippen molar-refractivity contribution in [2.24, 2.45) is 0 Å². The van der Waals surface area contributed by atoms with Gasteiger partial charge < -0.3 is 15.2 Å². The second kappa shape index (κ2) is 7.73. The van der Waals surface area contributed by atoms with Crippen LogP contribution in [0.15, 0.2) is 18.2 Å². The molecule has 0 atom stereocenters. The number of nitrogens with one attached hydrogen (secondary N) is 1. The molecule has 1 rings (SSSR count). The number of benzene rings is 1. The van der Waals surface area contributed by atoms with E-state index in [9.17, 15) is 5.11 Å². The Morgan fingerprint density at radius 3 is 2.53 bits per heavy atom. The molecule has 2 N–H and O–H groups in total. The molecule has 0 aliphatic heterocycles. The Bertz CT molecular complexity index is 392. The maximum Gasteiger partial charge on any atom is 0.124 e. The Balaban J connectivity index is 2.76. The summed E-state index contributed by atoms with van der Waals surface area (Å²) in [6, 6.07) is 5.57. The van der Waals surface area contributed by atoms with Crippen molar-refractivity contribution in [2.45, 2.75) is 45.8 Å². The van der Waals surface area contributed by atoms with E-state index in [4.69, 9.17) is 16.3 Å². The lowest BCUT2D eigenvalue weighted by atomic mass is 9.99. The van der Waals surface area contributed by atoms with Crippen molar-refractivity contribution in [3.63, 3.8) is 0 Å². The smallest absolute Gasteiger partial charge is 0.124 e. The summed E-state index contributed by atoms with van der Waals surface area (Å²) in [4.78, 5) is 0. The average Bonchev–Trinajstić information content (AvgIpc) is 2.43. The third kappa shape index (κ3) is 5.01. The summed E-state index contributed by atoms with van der Waals surface area (Å²) in [5.74, 6) is 0.783. The number of hydrogen-bond donors (Lipinski definition) is 2. The highest BCUT2D eigenvalue weighted by Gasteiger charge is 2.23. The average molecular weight is 286 g/mol. The summed E-state index contributed by atoms with van der Waals surface area (Å²) in [5, 5.41) is 14.2. The van der Waals surface area contributed by atoms with E-state index in [0.29, 0.717) is 31.0 Å². The van der Waals surface area contributed by atoms with Gasteiger partial charge in [-0.1, -0.05) is 32.4 Å². The quantitative estimate of drug-likeness (QED) is 0.769. The molecule has 0 aliphatic carbocycles. The van der Waals surface area contributed by atoms with Crippen LogP contribution in [0.3, 0.4) is 0 Å². The summed E-state index contributed by atoms with van der Waals surface area (Å²) in [5.41, 5.74) is 0.263. The molecule has 0 unspecified atom stereocenters. The summed E-state index contributed by atoms with van der Waals surface area (Å²) in [7, 11) is 0. The number of ether oxygens (including phenoxy) is 1. The van der Waals surface area contributed by atoms with Crippen molar-refractivity contribution < 1.29 is 9.84 Å². The third-order valence-electron chi connectivity index (χ3n) is 3.40. The van der Waals surface area contributed by atoms with Gasteiger partial charge in [-0.15, -0.1) is 0 Å². The van der Waals surface area contributed by atoms with Crippen LogP contribution in [0.1, 0.15) is 39.2 Å². The zero-order valence-electron chi connectivity index (χ0n) is 12.0. The summed E-state index contributed by atoms with van der Waals surface area (Å²) in [6.45, 7) is 7.89. The van der Waals surface area contributed by atoms with Crippen LogP contribution in [-0.4, -0.2) is 23.9 Å². The van der Waals surface area contributed by atoms with Gasteiger partial charge in [0.1, 0.15) is 12.4 Å². The van der Waals surface area contributed by atoms with Gasteiger partial charge in [-0.25, -0.2) is 0 Å². The Labute approximate surface area is 120 Å². The van der Waals surface area contributed by atoms with Crippen LogP contribution in [0, 0.1) is 0 Å². The Kier molecular flexibility index (Phi) is 6.63. The predicted molar refractivity (Wildman–Crippen MR) is 79.9 cm³/mol. The normalized spacial score (nSPS) is 11.6. The van der Waals surface area contributed by atoms with Crippen LogP contribution < -0.4 is 10.1 Å². The molecule has 4 heteroatoms. The summed E-state index contributed by atoms with van der Waals surface area (Å²) < 4.78 is 5.79. The van der Waals surface area contributed by atoms with Gasteiger partial charge in [0, 0.05) is 17.1 Å². The fourth-order valence-corrected chi connectivity index (χ4v) is 1.95. The van der Waals surface area contributed by atoms with Crippen molar-refractivity contribution in [3.8, 4) is 5.75 Å². The first-order valence-electron chi connectivity index (χ1n) is 6.89. The minimum absolute atomic E-state index is 0.306. The molecule has 3 nitrogen and oxygen atoms in total. The number of halogens is 1. The van der Waals surface area contributed by atoms with Crippen LogP contribution >= 0.6 is 11.6 Å². The maximum atomic E-state index is 10.2. The van der Waals surface area contributed by atoms with Crippen molar-refractivity contribution in [3.05, 3.63) is 28.8 Å². The lowest BCUT2D eigenvalue weighted by Gasteiger charge is -2.25. The first-order valence-corrected chi connectivity index (χ1v) is 7.26. The highest BCUT2D eigenvalue weighted by Crippen LogP contribution is 2.25. The Morgan fingerprint density at radius 1 is 1.26 bits per heavy atom. The van der Waals surface area contributed by atoms with E-state index >= 15 is 0 Å². The summed E-state index contributed by atoms with van der Waals surface area (Å²) in [6.07, 6.45) is 1.36. The van der Waals surface area contributed by atoms with E-state index in [1.165, 1.54) is 0 Å². The van der Waals surface area contributed by atoms with Gasteiger partial charge >= 0.3 is 0 Å². The molecule has 0 heterocycles. The largest absolute Gasteiger partial charge is 0.490 e. The first-order chi connectivity index (χ1) is 9.04. The van der Waals surface area contributed by atoms with Crippen molar-refractivity contribution in [1.29, 1.82) is 0 Å². The van der Waals surface area contributed by atoms with E-state index in [2.05, 4.69) is 12.2 Å². The highest BCUT2D eigenvalue weighted by molar-refractivity contribution is 6.30. The van der Waals surface area contributed by atoms with Crippen molar-refractivity contribution in [2.75, 3.05) is 13.2 Å². The lowest BCUT2D eigenvalue weighted by molar-refractivity contribution is -0.0116. The maximum absolute atomic E-state index is 10.2. The standard InChI is InChI=1S/C15H24ClNO2/c1-4-15(18,5-2)11-19-14-8-7-13(16)9-12(14)10-17-6-3/h7-9,17-18H,4-6,10-11H2,1-3H3. The van der Waals surface area contributed by atoms with Gasteiger partial charge in [-0.2, -0.15) is 0 Å². The van der Waals surface area contributed by atoms with Crippen LogP contribution in [-0.2, 0) is 6.54 Å². The topological polar surface area (TPSA) is 41.5 Å². The minimum atomic E-state index is -0.755. The van der Waals surface area contributed by atoms with Crippen LogP contribution in [0.2, 0.25) is 5.02 Å². The summed E-state index contributed by atoms with van der Waals surface area (Å²) >= 11 is 6.01. The zero-order valence-corrected chi connectivity index (χ0v) is 12.8. The molecule has 0 saturated heterocycles. The van der Waals surface area contributed by atoms with E-state index in [1.807, 2.05) is 32.0 Å². The van der Waals surface area contributed by atoms with E-state index in [1.54, 1.807) is 0 Å². The van der Waals surface area contributed by atoms with Gasteiger partial charge in [0.25, 0.3) is 0 Å². The fourth-order valence-electron chi connectivity index (χ4n) is 1.75. The van der Waals surface area contributed by atoms with Gasteiger partial charge in [0.15, 0.2) is 0 Å². The van der Waals surface area contributed by atoms with E-state index < -0.39 is 5.60 Å². The number of aliphatic hydroxyl groups is 1. The van der Waals surface area contributed by atoms with E-state index in [0.717, 1.165) is 17.9 Å². The highest BCUT2D eigenvalue weighted by atomic mass is 35.5. The first kappa shape index (κ1) is 16.3. The lowest BCUT2D eigenvalue weighted by Crippen LogP contribution is -2.34. The minimum Gasteiger partial charge on any atom is -0.490 e. The fraction of sp³-hybridized carbons (Fsp3) is 0.600. The van der Waals surface area contributed by atoms with Crippen molar-refractivity contribution >= 4 is 11.6 Å². The van der Waals surface area contributed by atoms with Gasteiger partial charge in [-0.3, -0.25) is 0 Å². The molecule has 108 valence electrons. The number of hydrogen-bond acceptors (Lipinski definition) is 3. The molecule has 1 aromatic rings. The SMILES string of the molecule is CCNCc1cc(Cl)ccc1OCC(O)(CC)CC. The van der Waals surface area contributed by atoms with Gasteiger partial charge in [0.2, 0.25) is 0 Å². The Morgan fingerprint density at radius 2 is 1.95 bits per heavy atom. The molecule has 0 spiro atoms. The molecular formula is C15H24ClNO2.